The molecule has 3 nitrogen and oxygen atoms in total. The van der Waals surface area contributed by atoms with Crippen LogP contribution in [0.1, 0.15) is 32.3 Å². The number of aliphatic hydroxyl groups excluding tert-OH is 1. The van der Waals surface area contributed by atoms with E-state index in [1.165, 1.54) is 0 Å². The van der Waals surface area contributed by atoms with E-state index in [0.29, 0.717) is 19.5 Å². The van der Waals surface area contributed by atoms with E-state index >= 15 is 0 Å². The van der Waals surface area contributed by atoms with Gasteiger partial charge in [-0.25, -0.2) is 0 Å². The van der Waals surface area contributed by atoms with Gasteiger partial charge in [0.2, 0.25) is 5.91 Å². The van der Waals surface area contributed by atoms with Crippen molar-refractivity contribution in [2.75, 3.05) is 13.2 Å². The maximum absolute atomic E-state index is 12.3. The van der Waals surface area contributed by atoms with E-state index < -0.39 is 0 Å². The standard InChI is InChI=1S/C17H25NO2/c1-3-4-6-11-17(20)18(12-15(2)14-19)13-16-9-7-5-8-10-16/h4-10,15,19H,3,11-14H2,1-2H3/b6-4+/t15-/m1/s1. The Balaban J connectivity index is 2.69. The highest BCUT2D eigenvalue weighted by atomic mass is 16.3. The predicted octanol–water partition coefficient (Wildman–Crippen LogP) is 3.00. The highest BCUT2D eigenvalue weighted by Gasteiger charge is 2.15. The van der Waals surface area contributed by atoms with E-state index in [2.05, 4.69) is 6.92 Å². The van der Waals surface area contributed by atoms with Gasteiger partial charge in [-0.05, 0) is 17.9 Å². The van der Waals surface area contributed by atoms with Crippen LogP contribution in [0.15, 0.2) is 42.5 Å². The number of carbonyl (C=O) groups excluding carboxylic acids is 1. The first-order valence-corrected chi connectivity index (χ1v) is 7.24. The summed E-state index contributed by atoms with van der Waals surface area (Å²) < 4.78 is 0. The molecule has 1 aromatic carbocycles. The van der Waals surface area contributed by atoms with E-state index in [-0.39, 0.29) is 18.4 Å². The van der Waals surface area contributed by atoms with E-state index in [4.69, 9.17) is 0 Å². The van der Waals surface area contributed by atoms with E-state index in [0.717, 1.165) is 12.0 Å². The first kappa shape index (κ1) is 16.4. The van der Waals surface area contributed by atoms with E-state index in [9.17, 15) is 9.90 Å². The summed E-state index contributed by atoms with van der Waals surface area (Å²) in [7, 11) is 0. The number of hydrogen-bond donors (Lipinski definition) is 1. The Morgan fingerprint density at radius 2 is 2.00 bits per heavy atom. The summed E-state index contributed by atoms with van der Waals surface area (Å²) in [5.41, 5.74) is 1.12. The molecule has 0 saturated heterocycles. The van der Waals surface area contributed by atoms with Crippen LogP contribution in [0.3, 0.4) is 0 Å². The highest BCUT2D eigenvalue weighted by Crippen LogP contribution is 2.09. The van der Waals surface area contributed by atoms with Crippen molar-refractivity contribution in [3.8, 4) is 0 Å². The lowest BCUT2D eigenvalue weighted by atomic mass is 10.1. The molecule has 1 N–H and O–H groups in total. The first-order chi connectivity index (χ1) is 9.67. The van der Waals surface area contributed by atoms with Crippen LogP contribution in [-0.2, 0) is 11.3 Å². The lowest BCUT2D eigenvalue weighted by Gasteiger charge is -2.25. The van der Waals surface area contributed by atoms with Crippen LogP contribution < -0.4 is 0 Å². The molecular weight excluding hydrogens is 250 g/mol. The second kappa shape index (κ2) is 9.32. The van der Waals surface area contributed by atoms with Gasteiger partial charge in [0.25, 0.3) is 0 Å². The Hall–Kier alpha value is -1.61. The third-order valence-corrected chi connectivity index (χ3v) is 3.11. The van der Waals surface area contributed by atoms with Gasteiger partial charge in [-0.3, -0.25) is 4.79 Å². The lowest BCUT2D eigenvalue weighted by molar-refractivity contribution is -0.131. The Morgan fingerprint density at radius 3 is 2.60 bits per heavy atom. The van der Waals surface area contributed by atoms with Crippen molar-refractivity contribution in [3.05, 3.63) is 48.0 Å². The fraction of sp³-hybridized carbons (Fsp3) is 0.471. The lowest BCUT2D eigenvalue weighted by Crippen LogP contribution is -2.34. The summed E-state index contributed by atoms with van der Waals surface area (Å²) in [6, 6.07) is 9.96. The molecule has 3 heteroatoms. The van der Waals surface area contributed by atoms with Crippen molar-refractivity contribution < 1.29 is 9.90 Å². The molecule has 0 unspecified atom stereocenters. The summed E-state index contributed by atoms with van der Waals surface area (Å²) >= 11 is 0. The van der Waals surface area contributed by atoms with Gasteiger partial charge < -0.3 is 10.0 Å². The van der Waals surface area contributed by atoms with Crippen LogP contribution in [0, 0.1) is 5.92 Å². The molecular formula is C17H25NO2. The number of benzene rings is 1. The normalized spacial score (nSPS) is 12.6. The minimum absolute atomic E-state index is 0.0952. The monoisotopic (exact) mass is 275 g/mol. The smallest absolute Gasteiger partial charge is 0.226 e. The molecule has 0 aliphatic rings. The number of carbonyl (C=O) groups is 1. The van der Waals surface area contributed by atoms with Gasteiger partial charge in [-0.2, -0.15) is 0 Å². The Labute approximate surface area is 121 Å². The molecule has 1 rings (SSSR count). The van der Waals surface area contributed by atoms with Crippen LogP contribution >= 0.6 is 0 Å². The maximum atomic E-state index is 12.3. The zero-order valence-corrected chi connectivity index (χ0v) is 12.5. The third-order valence-electron chi connectivity index (χ3n) is 3.11. The second-order valence-electron chi connectivity index (χ2n) is 5.13. The summed E-state index contributed by atoms with van der Waals surface area (Å²) in [5, 5.41) is 9.19. The molecule has 1 amide bonds. The van der Waals surface area contributed by atoms with Crippen LogP contribution in [-0.4, -0.2) is 29.1 Å². The Morgan fingerprint density at radius 1 is 1.30 bits per heavy atom. The molecule has 110 valence electrons. The fourth-order valence-electron chi connectivity index (χ4n) is 1.97. The van der Waals surface area contributed by atoms with E-state index in [1.54, 1.807) is 0 Å². The largest absolute Gasteiger partial charge is 0.396 e. The molecule has 0 spiro atoms. The van der Waals surface area contributed by atoms with Gasteiger partial charge in [0.05, 0.1) is 0 Å². The van der Waals surface area contributed by atoms with Gasteiger partial charge in [-0.1, -0.05) is 56.3 Å². The average molecular weight is 275 g/mol. The highest BCUT2D eigenvalue weighted by molar-refractivity contribution is 5.77. The molecule has 0 bridgehead atoms. The van der Waals surface area contributed by atoms with Crippen molar-refractivity contribution in [3.63, 3.8) is 0 Å². The molecule has 1 aromatic rings. The number of rotatable bonds is 8. The fourth-order valence-corrected chi connectivity index (χ4v) is 1.97. The minimum Gasteiger partial charge on any atom is -0.396 e. The first-order valence-electron chi connectivity index (χ1n) is 7.24. The number of amides is 1. The molecule has 1 atom stereocenters. The predicted molar refractivity (Wildman–Crippen MR) is 82.2 cm³/mol. The van der Waals surface area contributed by atoms with Gasteiger partial charge in [0.15, 0.2) is 0 Å². The van der Waals surface area contributed by atoms with Gasteiger partial charge >= 0.3 is 0 Å². The second-order valence-corrected chi connectivity index (χ2v) is 5.13. The maximum Gasteiger partial charge on any atom is 0.226 e. The third kappa shape index (κ3) is 6.02. The molecule has 0 heterocycles. The van der Waals surface area contributed by atoms with Crippen LogP contribution in [0.25, 0.3) is 0 Å². The summed E-state index contributed by atoms with van der Waals surface area (Å²) in [4.78, 5) is 14.1. The zero-order chi connectivity index (χ0) is 14.8. The molecule has 20 heavy (non-hydrogen) atoms. The van der Waals surface area contributed by atoms with Crippen molar-refractivity contribution in [2.45, 2.75) is 33.2 Å². The molecule has 0 radical (unpaired) electrons. The van der Waals surface area contributed by atoms with Gasteiger partial charge in [0.1, 0.15) is 0 Å². The topological polar surface area (TPSA) is 40.5 Å². The van der Waals surface area contributed by atoms with Crippen LogP contribution in [0.4, 0.5) is 0 Å². The number of nitrogens with zero attached hydrogens (tertiary/aromatic N) is 1. The molecule has 0 aliphatic carbocycles. The summed E-state index contributed by atoms with van der Waals surface area (Å²) in [5.74, 6) is 0.205. The van der Waals surface area contributed by atoms with Gasteiger partial charge in [0, 0.05) is 26.1 Å². The van der Waals surface area contributed by atoms with Crippen molar-refractivity contribution in [2.24, 2.45) is 5.92 Å². The Kier molecular flexibility index (Phi) is 7.66. The van der Waals surface area contributed by atoms with Crippen molar-refractivity contribution >= 4 is 5.91 Å². The number of aliphatic hydroxyl groups is 1. The molecule has 0 saturated carbocycles. The van der Waals surface area contributed by atoms with Crippen LogP contribution in [0.5, 0.6) is 0 Å². The molecule has 0 fully saturated rings. The minimum atomic E-state index is 0.0952. The van der Waals surface area contributed by atoms with E-state index in [1.807, 2.05) is 54.3 Å². The van der Waals surface area contributed by atoms with Crippen LogP contribution in [0.2, 0.25) is 0 Å². The SMILES string of the molecule is CC/C=C/CC(=O)N(Cc1ccccc1)C[C@@H](C)CO. The van der Waals surface area contributed by atoms with Crippen molar-refractivity contribution in [1.82, 2.24) is 4.90 Å². The average Bonchev–Trinajstić information content (AvgIpc) is 2.47. The number of hydrogen-bond acceptors (Lipinski definition) is 2. The molecule has 0 aliphatic heterocycles. The number of allylic oxidation sites excluding steroid dienone is 1. The molecule has 0 aromatic heterocycles. The quantitative estimate of drug-likeness (QED) is 0.741. The van der Waals surface area contributed by atoms with Gasteiger partial charge in [-0.15, -0.1) is 0 Å². The summed E-state index contributed by atoms with van der Waals surface area (Å²) in [6.07, 6.45) is 5.30. The Bertz CT molecular complexity index is 414. The van der Waals surface area contributed by atoms with Crippen molar-refractivity contribution in [1.29, 1.82) is 0 Å². The summed E-state index contributed by atoms with van der Waals surface area (Å²) in [6.45, 7) is 5.29. The zero-order valence-electron chi connectivity index (χ0n) is 12.5.